The zero-order valence-electron chi connectivity index (χ0n) is 23.9. The van der Waals surface area contributed by atoms with Crippen LogP contribution in [0.2, 0.25) is 5.02 Å². The lowest BCUT2D eigenvalue weighted by atomic mass is 9.85. The summed E-state index contributed by atoms with van der Waals surface area (Å²) in [5.41, 5.74) is -0.587. The number of fused-ring (bicyclic) bond motifs is 1. The summed E-state index contributed by atoms with van der Waals surface area (Å²) in [6, 6.07) is 9.22. The van der Waals surface area contributed by atoms with Gasteiger partial charge in [-0.1, -0.05) is 23.7 Å². The Labute approximate surface area is 246 Å². The van der Waals surface area contributed by atoms with Crippen molar-refractivity contribution < 1.29 is 32.3 Å². The highest BCUT2D eigenvalue weighted by molar-refractivity contribution is 7.89. The lowest BCUT2D eigenvalue weighted by Crippen LogP contribution is -2.58. The van der Waals surface area contributed by atoms with E-state index in [2.05, 4.69) is 5.32 Å². The Bertz CT molecular complexity index is 1400. The van der Waals surface area contributed by atoms with Gasteiger partial charge >= 0.3 is 12.1 Å². The Morgan fingerprint density at radius 3 is 2.32 bits per heavy atom. The lowest BCUT2D eigenvalue weighted by molar-refractivity contribution is -0.145. The molecule has 4 rings (SSSR count). The van der Waals surface area contributed by atoms with E-state index >= 15 is 0 Å². The van der Waals surface area contributed by atoms with Crippen LogP contribution in [0.25, 0.3) is 10.8 Å². The predicted octanol–water partition coefficient (Wildman–Crippen LogP) is 4.34. The van der Waals surface area contributed by atoms with Gasteiger partial charge in [0.1, 0.15) is 5.60 Å². The molecule has 1 aliphatic heterocycles. The number of nitrogens with zero attached hydrogens (tertiary/aromatic N) is 2. The first-order valence-corrected chi connectivity index (χ1v) is 15.6. The van der Waals surface area contributed by atoms with Crippen molar-refractivity contribution in [3.05, 3.63) is 41.4 Å². The largest absolute Gasteiger partial charge is 0.469 e. The van der Waals surface area contributed by atoms with E-state index < -0.39 is 33.7 Å². The molecule has 2 aromatic carbocycles. The molecular formula is C29H38ClN3O7S. The van der Waals surface area contributed by atoms with E-state index in [-0.39, 0.29) is 48.8 Å². The molecule has 2 fully saturated rings. The maximum atomic E-state index is 13.8. The van der Waals surface area contributed by atoms with Crippen LogP contribution in [0.3, 0.4) is 0 Å². The summed E-state index contributed by atoms with van der Waals surface area (Å²) in [5, 5.41) is 4.98. The van der Waals surface area contributed by atoms with Gasteiger partial charge in [-0.15, -0.1) is 0 Å². The predicted molar refractivity (Wildman–Crippen MR) is 155 cm³/mol. The minimum absolute atomic E-state index is 0.0595. The van der Waals surface area contributed by atoms with E-state index in [9.17, 15) is 22.8 Å². The molecule has 1 N–H and O–H groups in total. The molecule has 10 nitrogen and oxygen atoms in total. The van der Waals surface area contributed by atoms with Crippen molar-refractivity contribution in [2.75, 3.05) is 26.7 Å². The fourth-order valence-electron chi connectivity index (χ4n) is 5.50. The maximum absolute atomic E-state index is 13.8. The number of hydrogen-bond donors (Lipinski definition) is 1. The van der Waals surface area contributed by atoms with Gasteiger partial charge in [0.2, 0.25) is 15.9 Å². The van der Waals surface area contributed by atoms with Crippen LogP contribution >= 0.6 is 11.6 Å². The third-order valence-corrected chi connectivity index (χ3v) is 9.73. The SMILES string of the molecule is COC(=O)CC1CN(C(=O)C2CCC(NC(=O)OC(C)(C)C)CC2)CCN1S(=O)(=O)c1ccc2cc(Cl)ccc2c1. The zero-order valence-corrected chi connectivity index (χ0v) is 25.5. The van der Waals surface area contributed by atoms with Crippen molar-refractivity contribution in [1.82, 2.24) is 14.5 Å². The molecule has 2 aliphatic rings. The van der Waals surface area contributed by atoms with Gasteiger partial charge in [0.25, 0.3) is 0 Å². The molecule has 0 bridgehead atoms. The van der Waals surface area contributed by atoms with Gasteiger partial charge in [-0.2, -0.15) is 4.31 Å². The number of esters is 1. The number of methoxy groups -OCH3 is 1. The second-order valence-corrected chi connectivity index (χ2v) is 14.0. The summed E-state index contributed by atoms with van der Waals surface area (Å²) in [5.74, 6) is -0.845. The number of amides is 2. The normalized spacial score (nSPS) is 22.3. The molecule has 0 radical (unpaired) electrons. The van der Waals surface area contributed by atoms with Crippen molar-refractivity contribution in [3.8, 4) is 0 Å². The van der Waals surface area contributed by atoms with E-state index in [0.717, 1.165) is 10.8 Å². The number of benzene rings is 2. The zero-order chi connectivity index (χ0) is 29.9. The molecule has 1 atom stereocenters. The van der Waals surface area contributed by atoms with Gasteiger partial charge in [-0.25, -0.2) is 13.2 Å². The first kappa shape index (κ1) is 31.1. The highest BCUT2D eigenvalue weighted by Crippen LogP contribution is 2.30. The van der Waals surface area contributed by atoms with Gasteiger partial charge in [0.15, 0.2) is 0 Å². The molecule has 1 heterocycles. The number of halogens is 1. The van der Waals surface area contributed by atoms with E-state index in [0.29, 0.717) is 30.7 Å². The molecule has 1 unspecified atom stereocenters. The van der Waals surface area contributed by atoms with Crippen LogP contribution in [0, 0.1) is 5.92 Å². The Kier molecular flexibility index (Phi) is 9.50. The molecule has 224 valence electrons. The number of rotatable bonds is 6. The topological polar surface area (TPSA) is 122 Å². The average Bonchev–Trinajstić information content (AvgIpc) is 2.91. The molecular weight excluding hydrogens is 570 g/mol. The van der Waals surface area contributed by atoms with Crippen molar-refractivity contribution in [2.45, 2.75) is 75.5 Å². The summed E-state index contributed by atoms with van der Waals surface area (Å²) < 4.78 is 39.0. The quantitative estimate of drug-likeness (QED) is 0.485. The Balaban J connectivity index is 1.44. The van der Waals surface area contributed by atoms with Crippen molar-refractivity contribution in [2.24, 2.45) is 5.92 Å². The van der Waals surface area contributed by atoms with Crippen molar-refractivity contribution >= 4 is 50.4 Å². The number of hydrogen-bond acceptors (Lipinski definition) is 7. The maximum Gasteiger partial charge on any atom is 0.407 e. The van der Waals surface area contributed by atoms with Gasteiger partial charge in [-0.3, -0.25) is 9.59 Å². The van der Waals surface area contributed by atoms with Gasteiger partial charge < -0.3 is 19.7 Å². The van der Waals surface area contributed by atoms with Gasteiger partial charge in [-0.05, 0) is 81.5 Å². The van der Waals surface area contributed by atoms with E-state index in [1.807, 2.05) is 0 Å². The van der Waals surface area contributed by atoms with Crippen molar-refractivity contribution in [3.63, 3.8) is 0 Å². The number of nitrogens with one attached hydrogen (secondary N) is 1. The van der Waals surface area contributed by atoms with Gasteiger partial charge in [0, 0.05) is 36.6 Å². The lowest BCUT2D eigenvalue weighted by Gasteiger charge is -2.42. The number of sulfonamides is 1. The first-order chi connectivity index (χ1) is 19.3. The first-order valence-electron chi connectivity index (χ1n) is 13.8. The third kappa shape index (κ3) is 7.69. The summed E-state index contributed by atoms with van der Waals surface area (Å²) in [6.45, 7) is 5.78. The summed E-state index contributed by atoms with van der Waals surface area (Å²) in [7, 11) is -2.71. The molecule has 41 heavy (non-hydrogen) atoms. The van der Waals surface area contributed by atoms with E-state index in [4.69, 9.17) is 21.1 Å². The molecule has 1 aliphatic carbocycles. The highest BCUT2D eigenvalue weighted by Gasteiger charge is 2.40. The number of alkyl carbamates (subject to hydrolysis) is 1. The Morgan fingerprint density at radius 2 is 1.66 bits per heavy atom. The standard InChI is InChI=1S/C29H38ClN3O7S/c1-29(2,3)40-28(36)31-23-10-6-19(7-11-23)27(35)32-13-14-33(24(18-32)17-26(34)39-4)41(37,38)25-12-8-20-15-22(30)9-5-21(20)16-25/h5,8-9,12,15-16,19,23-24H,6-7,10-11,13-14,17-18H2,1-4H3,(H,31,36). The molecule has 12 heteroatoms. The summed E-state index contributed by atoms with van der Waals surface area (Å²) in [6.07, 6.45) is 1.84. The van der Waals surface area contributed by atoms with Crippen LogP contribution in [-0.2, 0) is 29.1 Å². The van der Waals surface area contributed by atoms with Crippen molar-refractivity contribution in [1.29, 1.82) is 0 Å². The minimum atomic E-state index is -3.97. The van der Waals surface area contributed by atoms with Crippen LogP contribution in [0.1, 0.15) is 52.9 Å². The summed E-state index contributed by atoms with van der Waals surface area (Å²) >= 11 is 6.07. The number of ether oxygens (including phenoxy) is 2. The van der Waals surface area contributed by atoms with Crippen LogP contribution in [0.5, 0.6) is 0 Å². The Hall–Kier alpha value is -2.89. The van der Waals surface area contributed by atoms with Crippen LogP contribution in [0.4, 0.5) is 4.79 Å². The molecule has 0 aromatic heterocycles. The molecule has 1 saturated carbocycles. The van der Waals surface area contributed by atoms with E-state index in [1.54, 1.807) is 56.0 Å². The van der Waals surface area contributed by atoms with Crippen LogP contribution < -0.4 is 5.32 Å². The smallest absolute Gasteiger partial charge is 0.407 e. The minimum Gasteiger partial charge on any atom is -0.469 e. The fraction of sp³-hybridized carbons (Fsp3) is 0.552. The molecule has 2 amide bonds. The second-order valence-electron chi connectivity index (χ2n) is 11.7. The fourth-order valence-corrected chi connectivity index (χ4v) is 7.33. The van der Waals surface area contributed by atoms with Crippen LogP contribution in [0.15, 0.2) is 41.3 Å². The monoisotopic (exact) mass is 607 g/mol. The molecule has 1 saturated heterocycles. The average molecular weight is 608 g/mol. The second kappa shape index (κ2) is 12.5. The summed E-state index contributed by atoms with van der Waals surface area (Å²) in [4.78, 5) is 39.7. The number of carbonyl (C=O) groups is 3. The van der Waals surface area contributed by atoms with Gasteiger partial charge in [0.05, 0.1) is 24.5 Å². The highest BCUT2D eigenvalue weighted by atomic mass is 35.5. The van der Waals surface area contributed by atoms with E-state index in [1.165, 1.54) is 17.5 Å². The molecule has 0 spiro atoms. The number of carbonyl (C=O) groups excluding carboxylic acids is 3. The van der Waals surface area contributed by atoms with Crippen LogP contribution in [-0.4, -0.2) is 80.0 Å². The molecule has 2 aromatic rings. The third-order valence-electron chi connectivity index (χ3n) is 7.55. The Morgan fingerprint density at radius 1 is 1.00 bits per heavy atom. The number of piperazine rings is 1.